The van der Waals surface area contributed by atoms with E-state index in [9.17, 15) is 8.78 Å². The van der Waals surface area contributed by atoms with Crippen LogP contribution in [0.2, 0.25) is 0 Å². The minimum atomic E-state index is -2.29. The Balaban J connectivity index is 2.13. The van der Waals surface area contributed by atoms with Crippen LogP contribution in [0.4, 0.5) is 8.78 Å². The van der Waals surface area contributed by atoms with Crippen LogP contribution in [0.1, 0.15) is 0 Å². The molecule has 0 spiro atoms. The molecule has 104 valence electrons. The Morgan fingerprint density at radius 1 is 0.524 bits per heavy atom. The molecule has 3 aromatic carbocycles. The summed E-state index contributed by atoms with van der Waals surface area (Å²) in [7, 11) is 0. The number of rotatable bonds is 3. The molecule has 0 radical (unpaired) electrons. The van der Waals surface area contributed by atoms with Crippen LogP contribution in [0.5, 0.6) is 0 Å². The molecule has 0 fully saturated rings. The van der Waals surface area contributed by atoms with E-state index in [0.717, 1.165) is 7.02 Å². The van der Waals surface area contributed by atoms with Gasteiger partial charge in [0.25, 0.3) is 0 Å². The first-order valence-corrected chi connectivity index (χ1v) is 10.4. The first-order chi connectivity index (χ1) is 10.2. The zero-order chi connectivity index (χ0) is 14.7. The second-order valence-corrected chi connectivity index (χ2v) is 11.0. The first kappa shape index (κ1) is 14.3. The topological polar surface area (TPSA) is 0 Å². The Morgan fingerprint density at radius 2 is 1.14 bits per heavy atom. The van der Waals surface area contributed by atoms with Gasteiger partial charge >= 0.3 is 130 Å². The Kier molecular flexibility index (Phi) is 4.36. The van der Waals surface area contributed by atoms with E-state index in [1.54, 1.807) is 12.1 Å². The molecule has 0 amide bonds. The van der Waals surface area contributed by atoms with Gasteiger partial charge in [-0.2, -0.15) is 0 Å². The third kappa shape index (κ3) is 3.33. The van der Waals surface area contributed by atoms with Gasteiger partial charge in [0.2, 0.25) is 0 Å². The number of hydrogen-bond donors (Lipinski definition) is 0. The molecule has 0 aliphatic rings. The van der Waals surface area contributed by atoms with Crippen LogP contribution in [0, 0.1) is 11.6 Å². The molecule has 0 saturated carbocycles. The average Bonchev–Trinajstić information content (AvgIpc) is 2.51. The summed E-state index contributed by atoms with van der Waals surface area (Å²) in [5.74, 6) is -0.466. The summed E-state index contributed by atoms with van der Waals surface area (Å²) in [5, 5.41) is 0. The van der Waals surface area contributed by atoms with E-state index in [0.29, 0.717) is 0 Å². The van der Waals surface area contributed by atoms with Gasteiger partial charge in [-0.15, -0.1) is 0 Å². The van der Waals surface area contributed by atoms with E-state index in [1.807, 2.05) is 36.4 Å². The Labute approximate surface area is 130 Å². The zero-order valence-corrected chi connectivity index (χ0v) is 13.8. The predicted octanol–water partition coefficient (Wildman–Crippen LogP) is 2.48. The van der Waals surface area contributed by atoms with Crippen LogP contribution in [-0.4, -0.2) is 20.2 Å². The van der Waals surface area contributed by atoms with Crippen LogP contribution < -0.4 is 10.5 Å². The van der Waals surface area contributed by atoms with Crippen molar-refractivity contribution < 1.29 is 8.78 Å². The Hall–Kier alpha value is -1.66. The summed E-state index contributed by atoms with van der Waals surface area (Å²) in [6, 6.07) is 23.5. The fraction of sp³-hybridized carbons (Fsp3) is 0. The summed E-state index contributed by atoms with van der Waals surface area (Å²) in [6.07, 6.45) is 0. The molecule has 3 aromatic rings. The maximum atomic E-state index is 13.6. The second kappa shape index (κ2) is 6.40. The molecule has 21 heavy (non-hydrogen) atoms. The molecule has 0 nitrogen and oxygen atoms in total. The molecule has 0 aliphatic heterocycles. The van der Waals surface area contributed by atoms with E-state index in [-0.39, 0.29) is 11.6 Å². The Morgan fingerprint density at radius 3 is 1.81 bits per heavy atom. The molecule has 0 bridgehead atoms. The van der Waals surface area contributed by atoms with Crippen molar-refractivity contribution in [2.24, 2.45) is 0 Å². The first-order valence-electron chi connectivity index (χ1n) is 6.60. The summed E-state index contributed by atoms with van der Waals surface area (Å²) >= 11 is -2.29. The fourth-order valence-corrected chi connectivity index (χ4v) is 8.79. The standard InChI is InChI=1S/2C6H4F.C6H5.Sb/c2*7-6-4-2-1-3-5-6;1-2-4-6-5-3-1;/h2-5H;1-2,4-5H;1-5H;. The summed E-state index contributed by atoms with van der Waals surface area (Å²) < 4.78 is 30.2. The maximum absolute atomic E-state index is 13.6. The second-order valence-electron chi connectivity index (χ2n) is 4.63. The van der Waals surface area contributed by atoms with Crippen molar-refractivity contribution in [1.82, 2.24) is 0 Å². The average molecular weight is 389 g/mol. The van der Waals surface area contributed by atoms with E-state index in [2.05, 4.69) is 12.1 Å². The van der Waals surface area contributed by atoms with Crippen LogP contribution >= 0.6 is 0 Å². The zero-order valence-electron chi connectivity index (χ0n) is 11.2. The SMILES string of the molecule is Fc1cc[c]([Sb]([c]2ccccc2)[c]2cccc(F)c2)cc1. The third-order valence-corrected chi connectivity index (χ3v) is 10.1. The quantitative estimate of drug-likeness (QED) is 0.605. The molecule has 3 rings (SSSR count). The van der Waals surface area contributed by atoms with Crippen LogP contribution in [-0.2, 0) is 0 Å². The normalized spacial score (nSPS) is 10.8. The third-order valence-electron chi connectivity index (χ3n) is 3.17. The van der Waals surface area contributed by atoms with Gasteiger partial charge in [-0.05, 0) is 0 Å². The van der Waals surface area contributed by atoms with E-state index < -0.39 is 20.2 Å². The molecule has 0 N–H and O–H groups in total. The van der Waals surface area contributed by atoms with Crippen LogP contribution in [0.15, 0.2) is 78.9 Å². The minimum absolute atomic E-state index is 0.222. The molecule has 0 heterocycles. The van der Waals surface area contributed by atoms with Crippen molar-refractivity contribution in [3.63, 3.8) is 0 Å². The van der Waals surface area contributed by atoms with Gasteiger partial charge in [0.15, 0.2) is 0 Å². The fourth-order valence-electron chi connectivity index (χ4n) is 2.23. The van der Waals surface area contributed by atoms with Gasteiger partial charge in [0, 0.05) is 0 Å². The number of benzene rings is 3. The van der Waals surface area contributed by atoms with Crippen LogP contribution in [0.25, 0.3) is 0 Å². The number of hydrogen-bond acceptors (Lipinski definition) is 0. The molecule has 0 atom stereocenters. The van der Waals surface area contributed by atoms with Crippen LogP contribution in [0.3, 0.4) is 0 Å². The van der Waals surface area contributed by atoms with Crippen molar-refractivity contribution in [2.45, 2.75) is 0 Å². The molecule has 0 saturated heterocycles. The van der Waals surface area contributed by atoms with E-state index in [1.165, 1.54) is 21.7 Å². The van der Waals surface area contributed by atoms with Gasteiger partial charge in [0.05, 0.1) is 0 Å². The molecule has 3 heteroatoms. The summed E-state index contributed by atoms with van der Waals surface area (Å²) in [4.78, 5) is 0. The monoisotopic (exact) mass is 388 g/mol. The van der Waals surface area contributed by atoms with Crippen molar-refractivity contribution >= 4 is 30.7 Å². The van der Waals surface area contributed by atoms with Gasteiger partial charge in [-0.3, -0.25) is 0 Å². The predicted molar refractivity (Wildman–Crippen MR) is 83.9 cm³/mol. The molecule has 0 unspecified atom stereocenters. The van der Waals surface area contributed by atoms with Crippen molar-refractivity contribution in [3.8, 4) is 0 Å². The molecular weight excluding hydrogens is 376 g/mol. The number of halogens is 2. The summed E-state index contributed by atoms with van der Waals surface area (Å²) in [5.41, 5.74) is 0. The van der Waals surface area contributed by atoms with Gasteiger partial charge < -0.3 is 0 Å². The van der Waals surface area contributed by atoms with Gasteiger partial charge in [-0.25, -0.2) is 0 Å². The van der Waals surface area contributed by atoms with Crippen molar-refractivity contribution in [3.05, 3.63) is 90.5 Å². The summed E-state index contributed by atoms with van der Waals surface area (Å²) in [6.45, 7) is 0. The Bertz CT molecular complexity index is 724. The van der Waals surface area contributed by atoms with E-state index in [4.69, 9.17) is 0 Å². The molecule has 0 aromatic heterocycles. The van der Waals surface area contributed by atoms with Gasteiger partial charge in [0.1, 0.15) is 0 Å². The van der Waals surface area contributed by atoms with Crippen molar-refractivity contribution in [2.75, 3.05) is 0 Å². The van der Waals surface area contributed by atoms with Crippen molar-refractivity contribution in [1.29, 1.82) is 0 Å². The van der Waals surface area contributed by atoms with Gasteiger partial charge in [-0.1, -0.05) is 0 Å². The molecular formula is C18H13F2Sb. The van der Waals surface area contributed by atoms with E-state index >= 15 is 0 Å². The molecule has 0 aliphatic carbocycles.